The summed E-state index contributed by atoms with van der Waals surface area (Å²) in [5.74, 6) is -0.303. The summed E-state index contributed by atoms with van der Waals surface area (Å²) in [7, 11) is 1.90. The van der Waals surface area contributed by atoms with Crippen molar-refractivity contribution in [1.82, 2.24) is 4.90 Å². The smallest absolute Gasteiger partial charge is 0.414 e. The van der Waals surface area contributed by atoms with Crippen LogP contribution >= 0.6 is 0 Å². The first-order valence-corrected chi connectivity index (χ1v) is 9.17. The molecule has 1 aromatic rings. The molecule has 0 aromatic heterocycles. The number of quaternary nitrogens is 1. The van der Waals surface area contributed by atoms with E-state index in [1.165, 1.54) is 6.07 Å². The lowest BCUT2D eigenvalue weighted by molar-refractivity contribution is -0.867. The fraction of sp³-hybridized carbons (Fsp3) is 0.650. The zero-order valence-corrected chi connectivity index (χ0v) is 16.8. The Labute approximate surface area is 155 Å². The molecule has 1 heterocycles. The highest BCUT2D eigenvalue weighted by molar-refractivity contribution is 5.60. The molecule has 1 aromatic carbocycles. The van der Waals surface area contributed by atoms with Gasteiger partial charge in [-0.2, -0.15) is 4.79 Å². The Balaban J connectivity index is 1.99. The number of β-amino-alcohol motifs (C(OH)–C–C–N with tert-alkyl or cyclic N) is 1. The minimum absolute atomic E-state index is 0.0422. The number of aryl methyl sites for hydroxylation is 1. The van der Waals surface area contributed by atoms with E-state index in [2.05, 4.69) is 4.90 Å². The number of hydrogen-bond acceptors (Lipinski definition) is 4. The van der Waals surface area contributed by atoms with Gasteiger partial charge in [0, 0.05) is 13.1 Å². The van der Waals surface area contributed by atoms with Crippen LogP contribution < -0.4 is 0 Å². The molecule has 6 heteroatoms. The van der Waals surface area contributed by atoms with E-state index in [1.54, 1.807) is 19.1 Å². The number of halogens is 1. The molecule has 1 fully saturated rings. The summed E-state index contributed by atoms with van der Waals surface area (Å²) in [5.41, 5.74) is 0.634. The predicted octanol–water partition coefficient (Wildman–Crippen LogP) is 3.25. The van der Waals surface area contributed by atoms with Gasteiger partial charge in [0.05, 0.1) is 19.7 Å². The molecule has 26 heavy (non-hydrogen) atoms. The van der Waals surface area contributed by atoms with Crippen molar-refractivity contribution in [3.8, 4) is 0 Å². The van der Waals surface area contributed by atoms with E-state index in [9.17, 15) is 14.3 Å². The number of ether oxygens (including phenoxy) is 1. The molecule has 3 atom stereocenters. The highest BCUT2D eigenvalue weighted by Crippen LogP contribution is 2.24. The van der Waals surface area contributed by atoms with Crippen molar-refractivity contribution in [2.75, 3.05) is 33.2 Å². The number of piperazine rings is 1. The van der Waals surface area contributed by atoms with Gasteiger partial charge in [0.1, 0.15) is 24.0 Å². The van der Waals surface area contributed by atoms with E-state index in [1.807, 2.05) is 34.7 Å². The minimum Gasteiger partial charge on any atom is -0.414 e. The third kappa shape index (κ3) is 4.81. The molecule has 0 radical (unpaired) electrons. The fourth-order valence-electron chi connectivity index (χ4n) is 3.18. The average molecular weight is 367 g/mol. The Bertz CT molecular complexity index is 659. The van der Waals surface area contributed by atoms with Crippen molar-refractivity contribution in [3.05, 3.63) is 35.1 Å². The zero-order chi connectivity index (χ0) is 19.7. The Morgan fingerprint density at radius 3 is 2.65 bits per heavy atom. The van der Waals surface area contributed by atoms with Crippen LogP contribution in [0.5, 0.6) is 0 Å². The number of nitrogens with zero attached hydrogens (tertiary/aromatic N) is 2. The van der Waals surface area contributed by atoms with Crippen LogP contribution in [0.15, 0.2) is 18.2 Å². The lowest BCUT2D eigenvalue weighted by atomic mass is 10.0. The number of benzene rings is 1. The van der Waals surface area contributed by atoms with Crippen LogP contribution in [0.25, 0.3) is 0 Å². The van der Waals surface area contributed by atoms with Gasteiger partial charge in [0.15, 0.2) is 0 Å². The molecular weight excluding hydrogens is 335 g/mol. The second kappa shape index (κ2) is 7.62. The van der Waals surface area contributed by atoms with E-state index < -0.39 is 11.7 Å². The van der Waals surface area contributed by atoms with Crippen LogP contribution in [0.2, 0.25) is 0 Å². The maximum absolute atomic E-state index is 13.7. The van der Waals surface area contributed by atoms with Gasteiger partial charge in [-0.3, -0.25) is 4.90 Å². The number of carbonyl (C=O) groups excluding carboxylic acids is 1. The van der Waals surface area contributed by atoms with Crippen LogP contribution in [0.1, 0.15) is 44.9 Å². The molecule has 0 aliphatic carbocycles. The van der Waals surface area contributed by atoms with Gasteiger partial charge in [0.2, 0.25) is 0 Å². The molecule has 1 unspecified atom stereocenters. The summed E-state index contributed by atoms with van der Waals surface area (Å²) in [6.45, 7) is 11.7. The van der Waals surface area contributed by atoms with Gasteiger partial charge in [0.25, 0.3) is 0 Å². The Morgan fingerprint density at radius 1 is 1.46 bits per heavy atom. The zero-order valence-electron chi connectivity index (χ0n) is 16.8. The molecule has 1 aliphatic rings. The molecule has 1 amide bonds. The highest BCUT2D eigenvalue weighted by Gasteiger charge is 2.45. The number of amides is 1. The van der Waals surface area contributed by atoms with Gasteiger partial charge in [-0.1, -0.05) is 12.1 Å². The number of aliphatic hydroxyl groups excluding tert-OH is 1. The van der Waals surface area contributed by atoms with Gasteiger partial charge in [-0.25, -0.2) is 8.87 Å². The van der Waals surface area contributed by atoms with Crippen molar-refractivity contribution in [2.24, 2.45) is 0 Å². The maximum atomic E-state index is 13.7. The molecule has 0 saturated carbocycles. The molecular formula is C20H32FN2O3+. The normalized spacial score (nSPS) is 25.8. The third-order valence-electron chi connectivity index (χ3n) is 5.20. The van der Waals surface area contributed by atoms with Crippen molar-refractivity contribution in [1.29, 1.82) is 0 Å². The summed E-state index contributed by atoms with van der Waals surface area (Å²) in [5, 5.41) is 10.5. The molecule has 2 rings (SSSR count). The topological polar surface area (TPSA) is 49.8 Å². The SMILES string of the molecule is Cc1ccc([C@H](O)CN2CC[N+](C)(C(=O)OC(C)(C)C)[C@H](C)C2)cc1F. The van der Waals surface area contributed by atoms with Crippen molar-refractivity contribution in [2.45, 2.75) is 52.4 Å². The monoisotopic (exact) mass is 367 g/mol. The van der Waals surface area contributed by atoms with Crippen molar-refractivity contribution < 1.29 is 23.5 Å². The van der Waals surface area contributed by atoms with Crippen LogP contribution in [-0.2, 0) is 4.74 Å². The van der Waals surface area contributed by atoms with Gasteiger partial charge >= 0.3 is 6.09 Å². The average Bonchev–Trinajstić information content (AvgIpc) is 2.52. The molecule has 0 spiro atoms. The van der Waals surface area contributed by atoms with E-state index in [-0.39, 0.29) is 22.4 Å². The lowest BCUT2D eigenvalue weighted by Crippen LogP contribution is -2.66. The second-order valence-corrected chi connectivity index (χ2v) is 8.60. The summed E-state index contributed by atoms with van der Waals surface area (Å²) < 4.78 is 19.5. The number of hydrogen-bond donors (Lipinski definition) is 1. The molecule has 1 aliphatic heterocycles. The van der Waals surface area contributed by atoms with Crippen LogP contribution in [0.4, 0.5) is 9.18 Å². The van der Waals surface area contributed by atoms with Crippen molar-refractivity contribution >= 4 is 6.09 Å². The first-order chi connectivity index (χ1) is 11.9. The molecule has 1 N–H and O–H groups in total. The predicted molar refractivity (Wildman–Crippen MR) is 99.3 cm³/mol. The number of carbonyl (C=O) groups is 1. The van der Waals surface area contributed by atoms with E-state index >= 15 is 0 Å². The van der Waals surface area contributed by atoms with Crippen LogP contribution in [0.3, 0.4) is 0 Å². The van der Waals surface area contributed by atoms with Gasteiger partial charge in [-0.15, -0.1) is 0 Å². The Morgan fingerprint density at radius 2 is 2.12 bits per heavy atom. The largest absolute Gasteiger partial charge is 0.516 e. The number of aliphatic hydroxyl groups is 1. The Hall–Kier alpha value is -1.50. The maximum Gasteiger partial charge on any atom is 0.516 e. The van der Waals surface area contributed by atoms with Crippen LogP contribution in [-0.4, -0.2) is 65.5 Å². The molecule has 146 valence electrons. The van der Waals surface area contributed by atoms with Crippen LogP contribution in [0, 0.1) is 12.7 Å². The standard InChI is InChI=1S/C20H32FN2O3/c1-14-7-8-16(11-17(14)21)18(24)13-22-9-10-23(6,15(2)12-22)19(25)26-20(3,4)5/h7-8,11,15,18,24H,9-10,12-13H2,1-6H3/q+1/t15-,18-,23?/m1/s1. The fourth-order valence-corrected chi connectivity index (χ4v) is 3.18. The molecule has 1 saturated heterocycles. The number of rotatable bonds is 3. The van der Waals surface area contributed by atoms with E-state index in [0.717, 1.165) is 0 Å². The highest BCUT2D eigenvalue weighted by atomic mass is 19.1. The van der Waals surface area contributed by atoms with E-state index in [4.69, 9.17) is 4.74 Å². The first-order valence-electron chi connectivity index (χ1n) is 9.17. The van der Waals surface area contributed by atoms with Gasteiger partial charge in [-0.05, 0) is 51.8 Å². The quantitative estimate of drug-likeness (QED) is 0.833. The lowest BCUT2D eigenvalue weighted by Gasteiger charge is -2.44. The summed E-state index contributed by atoms with van der Waals surface area (Å²) >= 11 is 0. The first kappa shape index (κ1) is 20.8. The van der Waals surface area contributed by atoms with E-state index in [0.29, 0.717) is 37.3 Å². The number of likely N-dealkylation sites (N-methyl/N-ethyl adjacent to an activating group) is 1. The third-order valence-corrected chi connectivity index (χ3v) is 5.20. The van der Waals surface area contributed by atoms with Gasteiger partial charge < -0.3 is 9.84 Å². The summed E-state index contributed by atoms with van der Waals surface area (Å²) in [6, 6.07) is 4.88. The van der Waals surface area contributed by atoms with Crippen molar-refractivity contribution in [3.63, 3.8) is 0 Å². The summed E-state index contributed by atoms with van der Waals surface area (Å²) in [6.07, 6.45) is -0.971. The Kier molecular flexibility index (Phi) is 6.10. The molecule has 0 bridgehead atoms. The molecule has 5 nitrogen and oxygen atoms in total. The second-order valence-electron chi connectivity index (χ2n) is 8.60. The minimum atomic E-state index is -0.754. The summed E-state index contributed by atoms with van der Waals surface area (Å²) in [4.78, 5) is 14.7.